The maximum Gasteiger partial charge on any atom is 0.283 e. The number of fused-ring (bicyclic) bond motifs is 5. The topological polar surface area (TPSA) is 112 Å². The van der Waals surface area contributed by atoms with Crippen molar-refractivity contribution in [1.82, 2.24) is 19.4 Å². The predicted molar refractivity (Wildman–Crippen MR) is 172 cm³/mol. The number of piperazine rings is 1. The molecule has 2 aliphatic heterocycles. The van der Waals surface area contributed by atoms with E-state index in [1.807, 2.05) is 32.6 Å². The fourth-order valence-corrected chi connectivity index (χ4v) is 6.78. The van der Waals surface area contributed by atoms with Gasteiger partial charge < -0.3 is 19.8 Å². The molecule has 0 bridgehead atoms. The second-order valence-corrected chi connectivity index (χ2v) is 12.2. The van der Waals surface area contributed by atoms with Crippen LogP contribution in [0, 0.1) is 12.7 Å². The Morgan fingerprint density at radius 1 is 1.18 bits per heavy atom. The van der Waals surface area contributed by atoms with Crippen LogP contribution in [0.4, 0.5) is 15.8 Å². The molecule has 4 aromatic rings. The lowest BCUT2D eigenvalue weighted by Gasteiger charge is -2.50. The average molecular weight is 631 g/mol. The standard InChI is InChI=1S/C33H32ClFN6O4/c1-7-24(43)39-14-18(5)40-22(15-39)32(44)38(6)30-29(40)19-13-20(34)27(25-21(35)9-8-10-23(25)42)37-31(19)41(33(30)45)28-17(4)11-12-36-26(28)16(2)3/h7-13,16,18,22,42H,1,14-15H2,2-6H3. The Morgan fingerprint density at radius 2 is 1.91 bits per heavy atom. The van der Waals surface area contributed by atoms with Crippen LogP contribution in [0.3, 0.4) is 0 Å². The number of aromatic nitrogens is 3. The van der Waals surface area contributed by atoms with Crippen molar-refractivity contribution >= 4 is 45.8 Å². The van der Waals surface area contributed by atoms with Crippen LogP contribution in [0.15, 0.2) is 54.0 Å². The number of carbonyl (C=O) groups excluding carboxylic acids is 2. The number of aromatic hydroxyl groups is 1. The van der Waals surface area contributed by atoms with Gasteiger partial charge in [-0.25, -0.2) is 9.37 Å². The van der Waals surface area contributed by atoms with Crippen molar-refractivity contribution in [2.45, 2.75) is 45.7 Å². The largest absolute Gasteiger partial charge is 0.507 e. The number of nitrogens with zero attached hydrogens (tertiary/aromatic N) is 6. The van der Waals surface area contributed by atoms with E-state index in [9.17, 15) is 19.5 Å². The molecule has 2 atom stereocenters. The molecule has 10 nitrogen and oxygen atoms in total. The number of pyridine rings is 3. The molecule has 5 heterocycles. The number of halogens is 2. The van der Waals surface area contributed by atoms with E-state index in [0.717, 1.165) is 5.56 Å². The second kappa shape index (κ2) is 11.0. The molecule has 1 fully saturated rings. The summed E-state index contributed by atoms with van der Waals surface area (Å²) in [7, 11) is 1.54. The Hall–Kier alpha value is -4.77. The molecule has 0 spiro atoms. The highest BCUT2D eigenvalue weighted by Crippen LogP contribution is 2.45. The molecule has 1 aromatic carbocycles. The molecule has 0 radical (unpaired) electrons. The molecule has 0 aliphatic carbocycles. The van der Waals surface area contributed by atoms with Crippen LogP contribution < -0.4 is 15.4 Å². The third kappa shape index (κ3) is 4.56. The molecule has 12 heteroatoms. The van der Waals surface area contributed by atoms with Gasteiger partial charge in [-0.3, -0.25) is 23.9 Å². The first-order valence-electron chi connectivity index (χ1n) is 14.6. The summed E-state index contributed by atoms with van der Waals surface area (Å²) < 4.78 is 16.6. The smallest absolute Gasteiger partial charge is 0.283 e. The monoisotopic (exact) mass is 630 g/mol. The summed E-state index contributed by atoms with van der Waals surface area (Å²) in [5, 5.41) is 11.1. The van der Waals surface area contributed by atoms with Crippen molar-refractivity contribution in [2.24, 2.45) is 0 Å². The zero-order valence-corrected chi connectivity index (χ0v) is 26.3. The number of aryl methyl sites for hydroxylation is 1. The number of anilines is 2. The first kappa shape index (κ1) is 30.3. The highest BCUT2D eigenvalue weighted by molar-refractivity contribution is 6.34. The number of phenols is 1. The highest BCUT2D eigenvalue weighted by atomic mass is 35.5. The van der Waals surface area contributed by atoms with Crippen LogP contribution in [0.5, 0.6) is 5.75 Å². The number of hydrogen-bond donors (Lipinski definition) is 1. The summed E-state index contributed by atoms with van der Waals surface area (Å²) in [5.74, 6) is -1.84. The van der Waals surface area contributed by atoms with Crippen LogP contribution in [0.2, 0.25) is 5.02 Å². The lowest BCUT2D eigenvalue weighted by atomic mass is 9.97. The van der Waals surface area contributed by atoms with E-state index in [-0.39, 0.29) is 70.2 Å². The van der Waals surface area contributed by atoms with Gasteiger partial charge in [0.05, 0.1) is 39.9 Å². The van der Waals surface area contributed by atoms with Crippen molar-refractivity contribution in [1.29, 1.82) is 0 Å². The summed E-state index contributed by atoms with van der Waals surface area (Å²) >= 11 is 6.83. The molecular formula is C33H32ClFN6O4. The molecular weight excluding hydrogens is 599 g/mol. The van der Waals surface area contributed by atoms with Crippen LogP contribution in [-0.4, -0.2) is 68.6 Å². The quantitative estimate of drug-likeness (QED) is 0.318. The Labute approximate surface area is 264 Å². The van der Waals surface area contributed by atoms with Gasteiger partial charge in [-0.2, -0.15) is 0 Å². The zero-order valence-electron chi connectivity index (χ0n) is 25.5. The summed E-state index contributed by atoms with van der Waals surface area (Å²) in [6, 6.07) is 6.08. The third-order valence-corrected chi connectivity index (χ3v) is 8.88. The van der Waals surface area contributed by atoms with Crippen LogP contribution in [-0.2, 0) is 9.59 Å². The normalized spacial score (nSPS) is 18.0. The molecule has 232 valence electrons. The average Bonchev–Trinajstić information content (AvgIpc) is 2.99. The number of likely N-dealkylation sites (N-methyl/N-ethyl adjacent to an activating group) is 1. The van der Waals surface area contributed by atoms with Gasteiger partial charge >= 0.3 is 0 Å². The van der Waals surface area contributed by atoms with Crippen LogP contribution in [0.1, 0.15) is 37.9 Å². The summed E-state index contributed by atoms with van der Waals surface area (Å²) in [6.07, 6.45) is 2.88. The van der Waals surface area contributed by atoms with Gasteiger partial charge in [0.25, 0.3) is 11.5 Å². The molecule has 0 saturated carbocycles. The Morgan fingerprint density at radius 3 is 2.58 bits per heavy atom. The van der Waals surface area contributed by atoms with Crippen molar-refractivity contribution in [3.63, 3.8) is 0 Å². The van der Waals surface area contributed by atoms with Gasteiger partial charge in [-0.15, -0.1) is 0 Å². The number of carbonyl (C=O) groups is 2. The first-order chi connectivity index (χ1) is 21.4. The summed E-state index contributed by atoms with van der Waals surface area (Å²) in [5.41, 5.74) is 1.77. The van der Waals surface area contributed by atoms with E-state index in [0.29, 0.717) is 22.5 Å². The minimum absolute atomic E-state index is 0.0338. The van der Waals surface area contributed by atoms with E-state index in [2.05, 4.69) is 11.6 Å². The minimum atomic E-state index is -0.797. The summed E-state index contributed by atoms with van der Waals surface area (Å²) in [4.78, 5) is 55.5. The number of hydrogen-bond acceptors (Lipinski definition) is 7. The molecule has 1 saturated heterocycles. The van der Waals surface area contributed by atoms with Crippen molar-refractivity contribution in [3.8, 4) is 22.7 Å². The first-order valence-corrected chi connectivity index (χ1v) is 14.9. The Bertz CT molecular complexity index is 1970. The molecule has 1 N–H and O–H groups in total. The lowest BCUT2D eigenvalue weighted by Crippen LogP contribution is -2.66. The molecule has 45 heavy (non-hydrogen) atoms. The molecule has 3 aromatic heterocycles. The van der Waals surface area contributed by atoms with Gasteiger partial charge in [-0.1, -0.05) is 38.1 Å². The van der Waals surface area contributed by atoms with Crippen molar-refractivity contribution in [3.05, 3.63) is 81.6 Å². The number of benzene rings is 1. The maximum atomic E-state index is 15.2. The number of amides is 2. The van der Waals surface area contributed by atoms with E-state index in [1.165, 1.54) is 40.8 Å². The van der Waals surface area contributed by atoms with Crippen LogP contribution >= 0.6 is 11.6 Å². The lowest BCUT2D eigenvalue weighted by molar-refractivity contribution is -0.129. The predicted octanol–water partition coefficient (Wildman–Crippen LogP) is 4.95. The maximum absolute atomic E-state index is 15.2. The minimum Gasteiger partial charge on any atom is -0.507 e. The highest BCUT2D eigenvalue weighted by Gasteiger charge is 2.46. The van der Waals surface area contributed by atoms with Gasteiger partial charge in [-0.05, 0) is 55.7 Å². The molecule has 2 aliphatic rings. The Balaban J connectivity index is 1.77. The fraction of sp³-hybridized carbons (Fsp3) is 0.303. The third-order valence-electron chi connectivity index (χ3n) is 8.59. The van der Waals surface area contributed by atoms with Gasteiger partial charge in [0.1, 0.15) is 23.3 Å². The molecule has 6 rings (SSSR count). The fourth-order valence-electron chi connectivity index (χ4n) is 6.53. The van der Waals surface area contributed by atoms with Gasteiger partial charge in [0.2, 0.25) is 5.91 Å². The van der Waals surface area contributed by atoms with Gasteiger partial charge in [0, 0.05) is 31.2 Å². The second-order valence-electron chi connectivity index (χ2n) is 11.8. The SMILES string of the molecule is C=CC(=O)N1CC(C)N2c3c(c(=O)n(-c4c(C)ccnc4C(C)C)c4nc(-c5c(O)cccc5F)c(Cl)cc34)N(C)C(=O)C2C1. The number of rotatable bonds is 4. The van der Waals surface area contributed by atoms with E-state index < -0.39 is 17.4 Å². The zero-order chi connectivity index (χ0) is 32.5. The summed E-state index contributed by atoms with van der Waals surface area (Å²) in [6.45, 7) is 11.6. The molecule has 2 amide bonds. The van der Waals surface area contributed by atoms with Crippen molar-refractivity contribution < 1.29 is 19.1 Å². The van der Waals surface area contributed by atoms with Crippen molar-refractivity contribution in [2.75, 3.05) is 29.9 Å². The van der Waals surface area contributed by atoms with E-state index in [1.54, 1.807) is 23.2 Å². The Kier molecular flexibility index (Phi) is 7.39. The van der Waals surface area contributed by atoms with Crippen LogP contribution in [0.25, 0.3) is 28.0 Å². The number of phenolic OH excluding ortho intramolecular Hbond substituents is 1. The van der Waals surface area contributed by atoms with E-state index in [4.69, 9.17) is 16.6 Å². The van der Waals surface area contributed by atoms with Gasteiger partial charge in [0.15, 0.2) is 5.65 Å². The van der Waals surface area contributed by atoms with E-state index >= 15 is 4.39 Å². The molecule has 2 unspecified atom stereocenters.